The minimum Gasteiger partial charge on any atom is -0.497 e. The highest BCUT2D eigenvalue weighted by molar-refractivity contribution is 5.44. The summed E-state index contributed by atoms with van der Waals surface area (Å²) in [6.07, 6.45) is 0. The third-order valence-corrected chi connectivity index (χ3v) is 3.62. The summed E-state index contributed by atoms with van der Waals surface area (Å²) in [4.78, 5) is 0. The first-order chi connectivity index (χ1) is 8.30. The van der Waals surface area contributed by atoms with Crippen molar-refractivity contribution in [1.82, 2.24) is 0 Å². The van der Waals surface area contributed by atoms with Gasteiger partial charge in [-0.15, -0.1) is 0 Å². The zero-order chi connectivity index (χ0) is 14.0. The van der Waals surface area contributed by atoms with E-state index < -0.39 is 11.2 Å². The van der Waals surface area contributed by atoms with E-state index in [0.717, 1.165) is 0 Å². The zero-order valence-corrected chi connectivity index (χ0v) is 11.9. The molecule has 1 unspecified atom stereocenters. The van der Waals surface area contributed by atoms with Gasteiger partial charge in [0.15, 0.2) is 0 Å². The van der Waals surface area contributed by atoms with E-state index in [9.17, 15) is 5.11 Å². The number of methoxy groups -OCH3 is 3. The van der Waals surface area contributed by atoms with Crippen LogP contribution in [0.2, 0.25) is 0 Å². The molecule has 0 amide bonds. The molecule has 102 valence electrons. The largest absolute Gasteiger partial charge is 0.497 e. The molecule has 1 N–H and O–H groups in total. The van der Waals surface area contributed by atoms with Crippen molar-refractivity contribution < 1.29 is 19.3 Å². The van der Waals surface area contributed by atoms with Gasteiger partial charge in [0, 0.05) is 18.7 Å². The van der Waals surface area contributed by atoms with E-state index in [1.54, 1.807) is 46.5 Å². The van der Waals surface area contributed by atoms with Gasteiger partial charge in [-0.05, 0) is 32.9 Å². The van der Waals surface area contributed by atoms with Crippen LogP contribution in [0.5, 0.6) is 11.5 Å². The number of rotatable bonds is 5. The summed E-state index contributed by atoms with van der Waals surface area (Å²) < 4.78 is 15.8. The Hall–Kier alpha value is -1.26. The quantitative estimate of drug-likeness (QED) is 0.876. The molecule has 0 saturated heterocycles. The normalized spacial score (nSPS) is 15.1. The summed E-state index contributed by atoms with van der Waals surface area (Å²) in [5.74, 6) is 1.26. The first-order valence-electron chi connectivity index (χ1n) is 5.80. The van der Waals surface area contributed by atoms with Crippen LogP contribution in [0.1, 0.15) is 26.3 Å². The number of ether oxygens (including phenoxy) is 3. The molecule has 0 saturated carbocycles. The molecule has 1 aromatic rings. The van der Waals surface area contributed by atoms with E-state index in [4.69, 9.17) is 14.2 Å². The third-order valence-electron chi connectivity index (χ3n) is 3.62. The molecule has 0 bridgehead atoms. The molecule has 0 heterocycles. The molecule has 0 spiro atoms. The van der Waals surface area contributed by atoms with Gasteiger partial charge in [0.25, 0.3) is 0 Å². The lowest BCUT2D eigenvalue weighted by Gasteiger charge is -2.39. The second-order valence-electron chi connectivity index (χ2n) is 4.85. The summed E-state index contributed by atoms with van der Waals surface area (Å²) in [7, 11) is 4.73. The van der Waals surface area contributed by atoms with E-state index >= 15 is 0 Å². The van der Waals surface area contributed by atoms with Crippen LogP contribution < -0.4 is 9.47 Å². The van der Waals surface area contributed by atoms with Crippen molar-refractivity contribution in [1.29, 1.82) is 0 Å². The lowest BCUT2D eigenvalue weighted by molar-refractivity contribution is -0.146. The van der Waals surface area contributed by atoms with Gasteiger partial charge in [0.2, 0.25) is 0 Å². The molecule has 0 fully saturated rings. The lowest BCUT2D eigenvalue weighted by Crippen LogP contribution is -2.46. The molecule has 0 aliphatic heterocycles. The Kier molecular flexibility index (Phi) is 4.24. The minimum absolute atomic E-state index is 0.574. The monoisotopic (exact) mass is 254 g/mol. The molecule has 0 radical (unpaired) electrons. The van der Waals surface area contributed by atoms with Crippen molar-refractivity contribution in [2.45, 2.75) is 32.0 Å². The van der Waals surface area contributed by atoms with Crippen LogP contribution in [-0.2, 0) is 10.3 Å². The molecule has 4 heteroatoms. The minimum atomic E-state index is -1.18. The number of benzene rings is 1. The Bertz CT molecular complexity index is 410. The summed E-state index contributed by atoms with van der Waals surface area (Å²) in [5, 5.41) is 10.7. The van der Waals surface area contributed by atoms with Crippen LogP contribution >= 0.6 is 0 Å². The molecular weight excluding hydrogens is 232 g/mol. The van der Waals surface area contributed by atoms with E-state index in [1.807, 2.05) is 13.8 Å². The highest BCUT2D eigenvalue weighted by Gasteiger charge is 2.43. The van der Waals surface area contributed by atoms with Gasteiger partial charge in [-0.1, -0.05) is 0 Å². The summed E-state index contributed by atoms with van der Waals surface area (Å²) in [6, 6.07) is 5.33. The van der Waals surface area contributed by atoms with Gasteiger partial charge in [-0.25, -0.2) is 0 Å². The van der Waals surface area contributed by atoms with E-state index in [1.165, 1.54) is 0 Å². The molecule has 1 atom stereocenters. The summed E-state index contributed by atoms with van der Waals surface area (Å²) >= 11 is 0. The average molecular weight is 254 g/mol. The van der Waals surface area contributed by atoms with Gasteiger partial charge < -0.3 is 19.3 Å². The molecule has 4 nitrogen and oxygen atoms in total. The van der Waals surface area contributed by atoms with Gasteiger partial charge in [-0.3, -0.25) is 0 Å². The molecular formula is C14H22O4. The molecule has 18 heavy (non-hydrogen) atoms. The number of hydrogen-bond acceptors (Lipinski definition) is 4. The highest BCUT2D eigenvalue weighted by atomic mass is 16.5. The van der Waals surface area contributed by atoms with Crippen molar-refractivity contribution in [3.8, 4) is 11.5 Å². The van der Waals surface area contributed by atoms with Crippen LogP contribution in [0.15, 0.2) is 18.2 Å². The Morgan fingerprint density at radius 1 is 1.00 bits per heavy atom. The van der Waals surface area contributed by atoms with Gasteiger partial charge in [-0.2, -0.15) is 0 Å². The van der Waals surface area contributed by atoms with Crippen molar-refractivity contribution in [2.75, 3.05) is 21.3 Å². The predicted molar refractivity (Wildman–Crippen MR) is 70.2 cm³/mol. The van der Waals surface area contributed by atoms with Crippen molar-refractivity contribution in [3.63, 3.8) is 0 Å². The first-order valence-corrected chi connectivity index (χ1v) is 5.80. The van der Waals surface area contributed by atoms with Crippen LogP contribution in [0.25, 0.3) is 0 Å². The number of aliphatic hydroxyl groups is 1. The van der Waals surface area contributed by atoms with Crippen molar-refractivity contribution in [2.24, 2.45) is 0 Å². The van der Waals surface area contributed by atoms with Crippen molar-refractivity contribution >= 4 is 0 Å². The Labute approximate surface area is 108 Å². The smallest absolute Gasteiger partial charge is 0.128 e. The van der Waals surface area contributed by atoms with E-state index in [0.29, 0.717) is 17.1 Å². The summed E-state index contributed by atoms with van der Waals surface area (Å²) in [6.45, 7) is 5.37. The maximum Gasteiger partial charge on any atom is 0.128 e. The summed E-state index contributed by atoms with van der Waals surface area (Å²) in [5.41, 5.74) is -1.26. The predicted octanol–water partition coefficient (Wildman–Crippen LogP) is 2.34. The Balaban J connectivity index is 3.32. The number of hydrogen-bond donors (Lipinski definition) is 1. The Morgan fingerprint density at radius 2 is 1.61 bits per heavy atom. The molecule has 1 rings (SSSR count). The SMILES string of the molecule is COc1ccc(C(C)(O)C(C)(C)OC)c(OC)c1. The van der Waals surface area contributed by atoms with Gasteiger partial charge in [0.05, 0.1) is 19.8 Å². The van der Waals surface area contributed by atoms with E-state index in [-0.39, 0.29) is 0 Å². The topological polar surface area (TPSA) is 47.9 Å². The van der Waals surface area contributed by atoms with Crippen LogP contribution in [-0.4, -0.2) is 32.0 Å². The Morgan fingerprint density at radius 3 is 2.06 bits per heavy atom. The fourth-order valence-corrected chi connectivity index (χ4v) is 1.72. The fourth-order valence-electron chi connectivity index (χ4n) is 1.72. The van der Waals surface area contributed by atoms with Gasteiger partial charge >= 0.3 is 0 Å². The maximum atomic E-state index is 10.7. The maximum absolute atomic E-state index is 10.7. The molecule has 1 aromatic carbocycles. The second-order valence-corrected chi connectivity index (χ2v) is 4.85. The standard InChI is InChI=1S/C14H22O4/c1-13(2,18-6)14(3,15)11-8-7-10(16-4)9-12(11)17-5/h7-9,15H,1-6H3. The average Bonchev–Trinajstić information content (AvgIpc) is 2.37. The molecule has 0 aliphatic carbocycles. The van der Waals surface area contributed by atoms with Crippen LogP contribution in [0.4, 0.5) is 0 Å². The zero-order valence-electron chi connectivity index (χ0n) is 11.9. The highest BCUT2D eigenvalue weighted by Crippen LogP contribution is 2.40. The third kappa shape index (κ3) is 2.44. The van der Waals surface area contributed by atoms with Crippen LogP contribution in [0, 0.1) is 0 Å². The first kappa shape index (κ1) is 14.8. The van der Waals surface area contributed by atoms with Crippen LogP contribution in [0.3, 0.4) is 0 Å². The second kappa shape index (κ2) is 5.16. The molecule has 0 aliphatic rings. The molecule has 0 aromatic heterocycles. The lowest BCUT2D eigenvalue weighted by atomic mass is 9.80. The fraction of sp³-hybridized carbons (Fsp3) is 0.571. The van der Waals surface area contributed by atoms with E-state index in [2.05, 4.69) is 0 Å². The van der Waals surface area contributed by atoms with Gasteiger partial charge in [0.1, 0.15) is 17.1 Å². The van der Waals surface area contributed by atoms with Crippen molar-refractivity contribution in [3.05, 3.63) is 23.8 Å².